The van der Waals surface area contributed by atoms with Gasteiger partial charge in [0.15, 0.2) is 5.76 Å². The van der Waals surface area contributed by atoms with E-state index >= 15 is 0 Å². The number of hydrogen-bond acceptors (Lipinski definition) is 3. The molecular formula is C15H13BrO3. The van der Waals surface area contributed by atoms with Crippen molar-refractivity contribution >= 4 is 21.7 Å². The molecule has 0 bridgehead atoms. The number of Topliss-reactive ketones (excluding diaryl/α,β-unsaturated/α-hetero) is 1. The van der Waals surface area contributed by atoms with Crippen molar-refractivity contribution in [1.82, 2.24) is 0 Å². The van der Waals surface area contributed by atoms with Crippen LogP contribution in [-0.2, 0) is 12.8 Å². The third-order valence-electron chi connectivity index (χ3n) is 3.19. The normalized spacial score (nSPS) is 13.2. The lowest BCUT2D eigenvalue weighted by Crippen LogP contribution is -2.04. The maximum Gasteiger partial charge on any atom is 0.202 e. The summed E-state index contributed by atoms with van der Waals surface area (Å²) in [6.07, 6.45) is 1.20. The molecule has 98 valence electrons. The van der Waals surface area contributed by atoms with Crippen molar-refractivity contribution in [2.75, 3.05) is 6.61 Å². The second-order valence-electron chi connectivity index (χ2n) is 4.66. The van der Waals surface area contributed by atoms with E-state index in [4.69, 9.17) is 9.15 Å². The highest BCUT2D eigenvalue weighted by Gasteiger charge is 2.20. The van der Waals surface area contributed by atoms with Crippen LogP contribution in [0.3, 0.4) is 0 Å². The molecule has 0 spiro atoms. The van der Waals surface area contributed by atoms with E-state index in [0.717, 1.165) is 33.5 Å². The Kier molecular flexibility index (Phi) is 3.19. The second kappa shape index (κ2) is 4.85. The first kappa shape index (κ1) is 12.5. The van der Waals surface area contributed by atoms with Gasteiger partial charge >= 0.3 is 0 Å². The number of hydrogen-bond donors (Lipinski definition) is 0. The lowest BCUT2D eigenvalue weighted by Gasteiger charge is -2.07. The molecule has 0 fully saturated rings. The quantitative estimate of drug-likeness (QED) is 0.809. The Bertz CT molecular complexity index is 643. The van der Waals surface area contributed by atoms with Crippen LogP contribution in [0.5, 0.6) is 5.75 Å². The average Bonchev–Trinajstić information content (AvgIpc) is 2.97. The summed E-state index contributed by atoms with van der Waals surface area (Å²) in [5.74, 6) is 1.99. The number of fused-ring (bicyclic) bond motifs is 1. The largest absolute Gasteiger partial charge is 0.493 e. The number of halogens is 1. The van der Waals surface area contributed by atoms with E-state index in [0.29, 0.717) is 18.8 Å². The van der Waals surface area contributed by atoms with Gasteiger partial charge in [-0.2, -0.15) is 0 Å². The highest BCUT2D eigenvalue weighted by atomic mass is 79.9. The first-order valence-corrected chi connectivity index (χ1v) is 6.96. The molecule has 0 N–H and O–H groups in total. The fraction of sp³-hybridized carbons (Fsp3) is 0.267. The first-order chi connectivity index (χ1) is 9.13. The van der Waals surface area contributed by atoms with Gasteiger partial charge in [-0.05, 0) is 36.8 Å². The smallest absolute Gasteiger partial charge is 0.202 e. The van der Waals surface area contributed by atoms with Crippen LogP contribution in [0.25, 0.3) is 0 Å². The minimum atomic E-state index is -0.0242. The van der Waals surface area contributed by atoms with Gasteiger partial charge in [0.2, 0.25) is 5.78 Å². The Labute approximate surface area is 119 Å². The van der Waals surface area contributed by atoms with Crippen molar-refractivity contribution in [3.05, 3.63) is 51.4 Å². The predicted molar refractivity (Wildman–Crippen MR) is 74.8 cm³/mol. The number of carbonyl (C=O) groups is 1. The molecule has 0 saturated carbocycles. The SMILES string of the molecule is Cc1ccc(C(=O)Cc2cc(Br)cc3c2OCC3)o1. The maximum atomic E-state index is 12.2. The zero-order valence-corrected chi connectivity index (χ0v) is 12.1. The van der Waals surface area contributed by atoms with Crippen LogP contribution in [0.4, 0.5) is 0 Å². The monoisotopic (exact) mass is 320 g/mol. The molecule has 1 aromatic carbocycles. The number of ketones is 1. The molecule has 0 radical (unpaired) electrons. The fourth-order valence-electron chi connectivity index (χ4n) is 2.32. The Morgan fingerprint density at radius 1 is 1.37 bits per heavy atom. The van der Waals surface area contributed by atoms with Crippen LogP contribution in [0.2, 0.25) is 0 Å². The summed E-state index contributed by atoms with van der Waals surface area (Å²) >= 11 is 3.48. The van der Waals surface area contributed by atoms with E-state index in [1.54, 1.807) is 12.1 Å². The lowest BCUT2D eigenvalue weighted by atomic mass is 10.0. The highest BCUT2D eigenvalue weighted by Crippen LogP contribution is 2.33. The van der Waals surface area contributed by atoms with Gasteiger partial charge in [0, 0.05) is 22.9 Å². The third kappa shape index (κ3) is 2.45. The van der Waals surface area contributed by atoms with Crippen LogP contribution in [0.15, 0.2) is 33.2 Å². The Morgan fingerprint density at radius 3 is 2.95 bits per heavy atom. The van der Waals surface area contributed by atoms with Gasteiger partial charge < -0.3 is 9.15 Å². The summed E-state index contributed by atoms with van der Waals surface area (Å²) in [6.45, 7) is 2.52. The number of benzene rings is 1. The van der Waals surface area contributed by atoms with Crippen molar-refractivity contribution < 1.29 is 13.9 Å². The molecule has 19 heavy (non-hydrogen) atoms. The summed E-state index contributed by atoms with van der Waals surface area (Å²) in [6, 6.07) is 7.51. The Hall–Kier alpha value is -1.55. The molecule has 3 rings (SSSR count). The molecule has 0 aliphatic carbocycles. The van der Waals surface area contributed by atoms with Gasteiger partial charge in [0.05, 0.1) is 6.61 Å². The zero-order chi connectivity index (χ0) is 13.4. The molecule has 4 heteroatoms. The molecule has 0 atom stereocenters. The number of ether oxygens (including phenoxy) is 1. The molecule has 1 aliphatic rings. The molecule has 0 amide bonds. The number of rotatable bonds is 3. The van der Waals surface area contributed by atoms with Gasteiger partial charge in [-0.15, -0.1) is 0 Å². The predicted octanol–water partition coefficient (Wildman–Crippen LogP) is 3.71. The summed E-state index contributed by atoms with van der Waals surface area (Å²) in [5, 5.41) is 0. The van der Waals surface area contributed by atoms with E-state index in [9.17, 15) is 4.79 Å². The first-order valence-electron chi connectivity index (χ1n) is 6.17. The molecule has 0 saturated heterocycles. The van der Waals surface area contributed by atoms with Crippen LogP contribution in [-0.4, -0.2) is 12.4 Å². The van der Waals surface area contributed by atoms with Gasteiger partial charge in [0.25, 0.3) is 0 Å². The number of furan rings is 1. The summed E-state index contributed by atoms with van der Waals surface area (Å²) < 4.78 is 12.0. The molecule has 3 nitrogen and oxygen atoms in total. The summed E-state index contributed by atoms with van der Waals surface area (Å²) in [7, 11) is 0. The van der Waals surface area contributed by atoms with Crippen LogP contribution >= 0.6 is 15.9 Å². The van der Waals surface area contributed by atoms with Crippen molar-refractivity contribution in [2.24, 2.45) is 0 Å². The molecule has 2 heterocycles. The Balaban J connectivity index is 1.90. The van der Waals surface area contributed by atoms with Crippen molar-refractivity contribution in [2.45, 2.75) is 19.8 Å². The van der Waals surface area contributed by atoms with Gasteiger partial charge in [-0.1, -0.05) is 15.9 Å². The van der Waals surface area contributed by atoms with Crippen molar-refractivity contribution in [3.8, 4) is 5.75 Å². The molecule has 1 aliphatic heterocycles. The molecule has 2 aromatic rings. The van der Waals surface area contributed by atoms with Crippen molar-refractivity contribution in [3.63, 3.8) is 0 Å². The minimum Gasteiger partial charge on any atom is -0.493 e. The van der Waals surface area contributed by atoms with Crippen LogP contribution < -0.4 is 4.74 Å². The maximum absolute atomic E-state index is 12.2. The van der Waals surface area contributed by atoms with E-state index in [1.165, 1.54) is 0 Å². The topological polar surface area (TPSA) is 39.4 Å². The zero-order valence-electron chi connectivity index (χ0n) is 10.5. The number of carbonyl (C=O) groups excluding carboxylic acids is 1. The second-order valence-corrected chi connectivity index (χ2v) is 5.58. The van der Waals surface area contributed by atoms with Crippen molar-refractivity contribution in [1.29, 1.82) is 0 Å². The summed E-state index contributed by atoms with van der Waals surface area (Å²) in [4.78, 5) is 12.2. The number of aryl methyl sites for hydroxylation is 1. The van der Waals surface area contributed by atoms with Crippen LogP contribution in [0.1, 0.15) is 27.4 Å². The van der Waals surface area contributed by atoms with E-state index in [1.807, 2.05) is 19.1 Å². The molecule has 0 unspecified atom stereocenters. The third-order valence-corrected chi connectivity index (χ3v) is 3.65. The van der Waals surface area contributed by atoms with E-state index < -0.39 is 0 Å². The molecular weight excluding hydrogens is 308 g/mol. The molecule has 1 aromatic heterocycles. The minimum absolute atomic E-state index is 0.0242. The van der Waals surface area contributed by atoms with Gasteiger partial charge in [-0.25, -0.2) is 0 Å². The fourth-order valence-corrected chi connectivity index (χ4v) is 2.87. The van der Waals surface area contributed by atoms with E-state index in [2.05, 4.69) is 15.9 Å². The van der Waals surface area contributed by atoms with E-state index in [-0.39, 0.29) is 5.78 Å². The standard InChI is InChI=1S/C15H13BrO3/c1-9-2-3-14(19-9)13(17)8-11-7-12(16)6-10-4-5-18-15(10)11/h2-3,6-7H,4-5,8H2,1H3. The highest BCUT2D eigenvalue weighted by molar-refractivity contribution is 9.10. The van der Waals surface area contributed by atoms with Gasteiger partial charge in [0.1, 0.15) is 11.5 Å². The lowest BCUT2D eigenvalue weighted by molar-refractivity contribution is 0.0964. The van der Waals surface area contributed by atoms with Gasteiger partial charge in [-0.3, -0.25) is 4.79 Å². The van der Waals surface area contributed by atoms with Crippen LogP contribution in [0, 0.1) is 6.92 Å². The summed E-state index contributed by atoms with van der Waals surface area (Å²) in [5.41, 5.74) is 2.08. The average molecular weight is 321 g/mol. The Morgan fingerprint density at radius 2 is 2.21 bits per heavy atom.